The molecule has 0 aliphatic rings. The molecule has 2 rings (SSSR count). The van der Waals surface area contributed by atoms with E-state index in [2.05, 4.69) is 10.9 Å². The van der Waals surface area contributed by atoms with Crippen molar-refractivity contribution in [3.63, 3.8) is 0 Å². The number of benzene rings is 1. The molecule has 0 fully saturated rings. The van der Waals surface area contributed by atoms with E-state index in [0.717, 1.165) is 0 Å². The summed E-state index contributed by atoms with van der Waals surface area (Å²) in [5.74, 6) is 0.477. The summed E-state index contributed by atoms with van der Waals surface area (Å²) in [6.07, 6.45) is 1.27. The molecule has 0 atom stereocenters. The number of hydrazine groups is 1. The van der Waals surface area contributed by atoms with Gasteiger partial charge in [-0.15, -0.1) is 0 Å². The van der Waals surface area contributed by atoms with E-state index in [9.17, 15) is 9.59 Å². The Morgan fingerprint density at radius 2 is 2.05 bits per heavy atom. The molecule has 1 aromatic heterocycles. The number of anilines is 1. The van der Waals surface area contributed by atoms with E-state index in [1.165, 1.54) is 19.4 Å². The topological polar surface area (TPSA) is 89.8 Å². The SMILES string of the molecule is COc1ccccc1NNC(=O)COc1c(C)occc1=O. The predicted octanol–water partition coefficient (Wildman–Crippen LogP) is 1.48. The number of methoxy groups -OCH3 is 1. The first kappa shape index (κ1) is 15.4. The van der Waals surface area contributed by atoms with Crippen LogP contribution >= 0.6 is 0 Å². The van der Waals surface area contributed by atoms with Gasteiger partial charge in [-0.05, 0) is 19.1 Å². The van der Waals surface area contributed by atoms with Crippen LogP contribution in [0.5, 0.6) is 11.5 Å². The van der Waals surface area contributed by atoms with Crippen molar-refractivity contribution in [2.75, 3.05) is 19.1 Å². The third-order valence-electron chi connectivity index (χ3n) is 2.80. The minimum atomic E-state index is -0.450. The predicted molar refractivity (Wildman–Crippen MR) is 80.0 cm³/mol. The number of carbonyl (C=O) groups is 1. The van der Waals surface area contributed by atoms with Gasteiger partial charge in [0, 0.05) is 6.07 Å². The zero-order chi connectivity index (χ0) is 15.9. The van der Waals surface area contributed by atoms with Gasteiger partial charge in [-0.2, -0.15) is 0 Å². The van der Waals surface area contributed by atoms with Crippen molar-refractivity contribution in [1.82, 2.24) is 5.43 Å². The molecule has 1 amide bonds. The van der Waals surface area contributed by atoms with Gasteiger partial charge in [-0.3, -0.25) is 20.4 Å². The second-order valence-corrected chi connectivity index (χ2v) is 4.33. The highest BCUT2D eigenvalue weighted by Crippen LogP contribution is 2.21. The van der Waals surface area contributed by atoms with Gasteiger partial charge >= 0.3 is 0 Å². The Balaban J connectivity index is 1.90. The third-order valence-corrected chi connectivity index (χ3v) is 2.80. The second kappa shape index (κ2) is 7.16. The van der Waals surface area contributed by atoms with E-state index in [1.54, 1.807) is 25.1 Å². The molecule has 7 heteroatoms. The van der Waals surface area contributed by atoms with Crippen LogP contribution < -0.4 is 25.8 Å². The molecule has 0 aliphatic carbocycles. The van der Waals surface area contributed by atoms with Gasteiger partial charge in [-0.1, -0.05) is 12.1 Å². The molecule has 0 unspecified atom stereocenters. The van der Waals surface area contributed by atoms with Gasteiger partial charge in [0.25, 0.3) is 5.91 Å². The van der Waals surface area contributed by atoms with Gasteiger partial charge in [-0.25, -0.2) is 0 Å². The molecule has 1 heterocycles. The number of nitrogens with one attached hydrogen (secondary N) is 2. The van der Waals surface area contributed by atoms with Crippen molar-refractivity contribution >= 4 is 11.6 Å². The quantitative estimate of drug-likeness (QED) is 0.786. The van der Waals surface area contributed by atoms with E-state index >= 15 is 0 Å². The molecule has 22 heavy (non-hydrogen) atoms. The molecule has 0 saturated carbocycles. The van der Waals surface area contributed by atoms with Crippen molar-refractivity contribution in [3.05, 3.63) is 52.6 Å². The van der Waals surface area contributed by atoms with Crippen molar-refractivity contribution < 1.29 is 18.7 Å². The summed E-state index contributed by atoms with van der Waals surface area (Å²) in [7, 11) is 1.53. The molecule has 2 aromatic rings. The first-order valence-corrected chi connectivity index (χ1v) is 6.51. The van der Waals surface area contributed by atoms with Crippen LogP contribution in [0.2, 0.25) is 0 Å². The third kappa shape index (κ3) is 3.78. The maximum atomic E-state index is 11.7. The highest BCUT2D eigenvalue weighted by Gasteiger charge is 2.10. The number of amides is 1. The maximum Gasteiger partial charge on any atom is 0.276 e. The maximum absolute atomic E-state index is 11.7. The van der Waals surface area contributed by atoms with Crippen molar-refractivity contribution in [3.8, 4) is 11.5 Å². The lowest BCUT2D eigenvalue weighted by molar-refractivity contribution is -0.122. The molecule has 2 N–H and O–H groups in total. The van der Waals surface area contributed by atoms with Crippen LogP contribution in [0.25, 0.3) is 0 Å². The van der Waals surface area contributed by atoms with Crippen LogP contribution in [0.15, 0.2) is 45.8 Å². The normalized spacial score (nSPS) is 9.91. The Morgan fingerprint density at radius 3 is 2.77 bits per heavy atom. The summed E-state index contributed by atoms with van der Waals surface area (Å²) in [4.78, 5) is 23.3. The summed E-state index contributed by atoms with van der Waals surface area (Å²) < 4.78 is 15.4. The summed E-state index contributed by atoms with van der Waals surface area (Å²) >= 11 is 0. The van der Waals surface area contributed by atoms with E-state index in [-0.39, 0.29) is 17.8 Å². The monoisotopic (exact) mass is 304 g/mol. The molecular formula is C15H16N2O5. The molecular weight excluding hydrogens is 288 g/mol. The van der Waals surface area contributed by atoms with E-state index < -0.39 is 5.91 Å². The van der Waals surface area contributed by atoms with Gasteiger partial charge in [0.15, 0.2) is 6.61 Å². The Bertz CT molecular complexity index is 711. The number of para-hydroxylation sites is 2. The molecule has 0 saturated heterocycles. The smallest absolute Gasteiger partial charge is 0.276 e. The standard InChI is InChI=1S/C15H16N2O5/c1-10-15(12(18)7-8-21-10)22-9-14(19)17-16-11-5-3-4-6-13(11)20-2/h3-8,16H,9H2,1-2H3,(H,17,19). The van der Waals surface area contributed by atoms with Crippen LogP contribution in [-0.2, 0) is 4.79 Å². The first-order chi connectivity index (χ1) is 10.6. The zero-order valence-electron chi connectivity index (χ0n) is 12.2. The summed E-state index contributed by atoms with van der Waals surface area (Å²) in [5, 5.41) is 0. The van der Waals surface area contributed by atoms with Gasteiger partial charge < -0.3 is 13.9 Å². The fraction of sp³-hybridized carbons (Fsp3) is 0.200. The summed E-state index contributed by atoms with van der Waals surface area (Å²) in [6.45, 7) is 1.26. The van der Waals surface area contributed by atoms with Gasteiger partial charge in [0.05, 0.1) is 19.1 Å². The summed E-state index contributed by atoms with van der Waals surface area (Å²) in [6, 6.07) is 8.34. The number of aryl methyl sites for hydroxylation is 1. The fourth-order valence-corrected chi connectivity index (χ4v) is 1.73. The Morgan fingerprint density at radius 1 is 1.27 bits per heavy atom. The number of hydrogen-bond donors (Lipinski definition) is 2. The van der Waals surface area contributed by atoms with Crippen LogP contribution in [0, 0.1) is 6.92 Å². The number of hydrogen-bond acceptors (Lipinski definition) is 6. The van der Waals surface area contributed by atoms with Crippen molar-refractivity contribution in [2.45, 2.75) is 6.92 Å². The zero-order valence-corrected chi connectivity index (χ0v) is 12.2. The van der Waals surface area contributed by atoms with Gasteiger partial charge in [0.2, 0.25) is 11.2 Å². The minimum Gasteiger partial charge on any atom is -0.495 e. The number of carbonyl (C=O) groups excluding carboxylic acids is 1. The lowest BCUT2D eigenvalue weighted by Crippen LogP contribution is -2.34. The van der Waals surface area contributed by atoms with Crippen molar-refractivity contribution in [1.29, 1.82) is 0 Å². The lowest BCUT2D eigenvalue weighted by atomic mass is 10.3. The Kier molecular flexibility index (Phi) is 5.02. The van der Waals surface area contributed by atoms with E-state index in [1.807, 2.05) is 6.07 Å². The number of ether oxygens (including phenoxy) is 2. The minimum absolute atomic E-state index is 0.0231. The van der Waals surface area contributed by atoms with Crippen molar-refractivity contribution in [2.24, 2.45) is 0 Å². The molecule has 0 bridgehead atoms. The second-order valence-electron chi connectivity index (χ2n) is 4.33. The highest BCUT2D eigenvalue weighted by atomic mass is 16.5. The Hall–Kier alpha value is -2.96. The first-order valence-electron chi connectivity index (χ1n) is 6.51. The molecule has 0 spiro atoms. The number of rotatable bonds is 6. The fourth-order valence-electron chi connectivity index (χ4n) is 1.73. The lowest BCUT2D eigenvalue weighted by Gasteiger charge is -2.12. The molecule has 1 aromatic carbocycles. The Labute approximate surface area is 126 Å². The average molecular weight is 304 g/mol. The van der Waals surface area contributed by atoms with Crippen LogP contribution in [-0.4, -0.2) is 19.6 Å². The molecule has 116 valence electrons. The summed E-state index contributed by atoms with van der Waals surface area (Å²) in [5.41, 5.74) is 5.45. The average Bonchev–Trinajstić information content (AvgIpc) is 2.52. The van der Waals surface area contributed by atoms with Crippen LogP contribution in [0.1, 0.15) is 5.76 Å². The van der Waals surface area contributed by atoms with E-state index in [4.69, 9.17) is 13.9 Å². The molecule has 0 aliphatic heterocycles. The van der Waals surface area contributed by atoms with E-state index in [0.29, 0.717) is 17.2 Å². The highest BCUT2D eigenvalue weighted by molar-refractivity contribution is 5.79. The van der Waals surface area contributed by atoms with Crippen LogP contribution in [0.3, 0.4) is 0 Å². The van der Waals surface area contributed by atoms with Crippen LogP contribution in [0.4, 0.5) is 5.69 Å². The largest absolute Gasteiger partial charge is 0.495 e. The molecule has 0 radical (unpaired) electrons. The molecule has 7 nitrogen and oxygen atoms in total. The van der Waals surface area contributed by atoms with Gasteiger partial charge in [0.1, 0.15) is 11.5 Å².